The number of thiophene rings is 1. The zero-order valence-corrected chi connectivity index (χ0v) is 17.9. The van der Waals surface area contributed by atoms with Gasteiger partial charge in [-0.3, -0.25) is 9.88 Å². The third-order valence-electron chi connectivity index (χ3n) is 5.43. The van der Waals surface area contributed by atoms with E-state index < -0.39 is 0 Å². The normalized spacial score (nSPS) is 14.8. The Bertz CT molecular complexity index is 1160. The van der Waals surface area contributed by atoms with Gasteiger partial charge in [-0.2, -0.15) is 0 Å². The van der Waals surface area contributed by atoms with Crippen LogP contribution >= 0.6 is 11.3 Å². The van der Waals surface area contributed by atoms with Crippen molar-refractivity contribution < 1.29 is 4.74 Å². The highest BCUT2D eigenvalue weighted by Gasteiger charge is 2.13. The lowest BCUT2D eigenvalue weighted by Crippen LogP contribution is -2.35. The number of hydrogen-bond acceptors (Lipinski definition) is 5. The Hall–Kier alpha value is -2.73. The Kier molecular flexibility index (Phi) is 5.49. The summed E-state index contributed by atoms with van der Waals surface area (Å²) in [6.07, 6.45) is 1.88. The second kappa shape index (κ2) is 8.56. The molecule has 1 saturated heterocycles. The number of fused-ring (bicyclic) bond motifs is 1. The van der Waals surface area contributed by atoms with Gasteiger partial charge in [0.1, 0.15) is 0 Å². The van der Waals surface area contributed by atoms with Gasteiger partial charge in [0.25, 0.3) is 0 Å². The third kappa shape index (κ3) is 4.24. The summed E-state index contributed by atoms with van der Waals surface area (Å²) in [6.45, 7) is 6.76. The molecule has 4 aromatic rings. The van der Waals surface area contributed by atoms with Crippen LogP contribution in [0.2, 0.25) is 0 Å². The summed E-state index contributed by atoms with van der Waals surface area (Å²) in [6, 6.07) is 21.6. The number of aromatic nitrogens is 1. The van der Waals surface area contributed by atoms with E-state index in [1.54, 1.807) is 11.3 Å². The first-order valence-electron chi connectivity index (χ1n) is 10.4. The third-order valence-corrected chi connectivity index (χ3v) is 6.64. The molecular formula is C25H25N3OS. The molecular weight excluding hydrogens is 390 g/mol. The highest BCUT2D eigenvalue weighted by Crippen LogP contribution is 2.37. The molecule has 0 unspecified atom stereocenters. The minimum absolute atomic E-state index is 0.832. The quantitative estimate of drug-likeness (QED) is 0.444. The number of anilines is 2. The number of pyridine rings is 1. The number of benzene rings is 2. The van der Waals surface area contributed by atoms with Crippen molar-refractivity contribution in [3.8, 4) is 10.4 Å². The van der Waals surface area contributed by atoms with Gasteiger partial charge < -0.3 is 10.1 Å². The van der Waals surface area contributed by atoms with Crippen molar-refractivity contribution in [3.05, 3.63) is 78.0 Å². The van der Waals surface area contributed by atoms with E-state index in [0.29, 0.717) is 0 Å². The molecule has 1 aliphatic heterocycles. The standard InChI is InChI=1S/C25H25N3OS/c1-18-4-2-7-21(14-18)27-22-8-9-26-23-16-24(30-25(22)23)20-6-3-5-19(15-20)17-28-10-12-29-13-11-28/h2-9,14-16H,10-13,17H2,1H3,(H,26,27). The van der Waals surface area contributed by atoms with Crippen molar-refractivity contribution in [3.63, 3.8) is 0 Å². The van der Waals surface area contributed by atoms with Gasteiger partial charge in [-0.05, 0) is 53.9 Å². The maximum Gasteiger partial charge on any atom is 0.0837 e. The van der Waals surface area contributed by atoms with Gasteiger partial charge in [0.15, 0.2) is 0 Å². The second-order valence-electron chi connectivity index (χ2n) is 7.77. The predicted octanol–water partition coefficient (Wildman–Crippen LogP) is 5.85. The Morgan fingerprint density at radius 3 is 2.77 bits per heavy atom. The second-order valence-corrected chi connectivity index (χ2v) is 8.82. The van der Waals surface area contributed by atoms with E-state index in [2.05, 4.69) is 82.8 Å². The van der Waals surface area contributed by atoms with E-state index in [1.807, 2.05) is 6.20 Å². The molecule has 0 aliphatic carbocycles. The lowest BCUT2D eigenvalue weighted by Gasteiger charge is -2.26. The molecule has 0 amide bonds. The molecule has 4 nitrogen and oxygen atoms in total. The van der Waals surface area contributed by atoms with E-state index in [4.69, 9.17) is 4.74 Å². The van der Waals surface area contributed by atoms with Crippen LogP contribution in [0.5, 0.6) is 0 Å². The molecule has 30 heavy (non-hydrogen) atoms. The number of aryl methyl sites for hydroxylation is 1. The smallest absolute Gasteiger partial charge is 0.0837 e. The Balaban J connectivity index is 1.43. The molecule has 0 atom stereocenters. The summed E-state index contributed by atoms with van der Waals surface area (Å²) < 4.78 is 6.66. The highest BCUT2D eigenvalue weighted by molar-refractivity contribution is 7.22. The molecule has 0 spiro atoms. The molecule has 5 heteroatoms. The van der Waals surface area contributed by atoms with E-state index >= 15 is 0 Å². The maximum absolute atomic E-state index is 5.47. The molecule has 2 aromatic carbocycles. The summed E-state index contributed by atoms with van der Waals surface area (Å²) in [5, 5.41) is 3.57. The largest absolute Gasteiger partial charge is 0.379 e. The number of nitrogens with one attached hydrogen (secondary N) is 1. The van der Waals surface area contributed by atoms with Crippen molar-refractivity contribution in [1.82, 2.24) is 9.88 Å². The first kappa shape index (κ1) is 19.2. The molecule has 1 aliphatic rings. The van der Waals surface area contributed by atoms with Crippen molar-refractivity contribution in [2.24, 2.45) is 0 Å². The summed E-state index contributed by atoms with van der Waals surface area (Å²) in [5.74, 6) is 0. The minimum atomic E-state index is 0.832. The van der Waals surface area contributed by atoms with Crippen LogP contribution < -0.4 is 5.32 Å². The molecule has 0 saturated carbocycles. The molecule has 0 radical (unpaired) electrons. The monoisotopic (exact) mass is 415 g/mol. The lowest BCUT2D eigenvalue weighted by molar-refractivity contribution is 0.0342. The predicted molar refractivity (Wildman–Crippen MR) is 126 cm³/mol. The number of rotatable bonds is 5. The SMILES string of the molecule is Cc1cccc(Nc2ccnc3cc(-c4cccc(CN5CCOCC5)c4)sc23)c1. The first-order valence-corrected chi connectivity index (χ1v) is 11.2. The van der Waals surface area contributed by atoms with Gasteiger partial charge in [0.2, 0.25) is 0 Å². The molecule has 152 valence electrons. The van der Waals surface area contributed by atoms with Crippen LogP contribution in [0, 0.1) is 6.92 Å². The van der Waals surface area contributed by atoms with E-state index in [1.165, 1.54) is 26.3 Å². The Morgan fingerprint density at radius 1 is 1.03 bits per heavy atom. The fourth-order valence-electron chi connectivity index (χ4n) is 3.90. The summed E-state index contributed by atoms with van der Waals surface area (Å²) in [5.41, 5.74) is 7.08. The number of morpholine rings is 1. The van der Waals surface area contributed by atoms with Crippen molar-refractivity contribution in [2.75, 3.05) is 31.6 Å². The van der Waals surface area contributed by atoms with Gasteiger partial charge in [-0.15, -0.1) is 11.3 Å². The fraction of sp³-hybridized carbons (Fsp3) is 0.240. The molecule has 1 N–H and O–H groups in total. The maximum atomic E-state index is 5.47. The van der Waals surface area contributed by atoms with Gasteiger partial charge >= 0.3 is 0 Å². The minimum Gasteiger partial charge on any atom is -0.379 e. The van der Waals surface area contributed by atoms with Crippen molar-refractivity contribution in [2.45, 2.75) is 13.5 Å². The van der Waals surface area contributed by atoms with Crippen LogP contribution in [0.1, 0.15) is 11.1 Å². The fourth-order valence-corrected chi connectivity index (χ4v) is 4.98. The Morgan fingerprint density at radius 2 is 1.90 bits per heavy atom. The summed E-state index contributed by atoms with van der Waals surface area (Å²) in [7, 11) is 0. The molecule has 2 aromatic heterocycles. The van der Waals surface area contributed by atoms with Gasteiger partial charge in [-0.25, -0.2) is 0 Å². The number of nitrogens with zero attached hydrogens (tertiary/aromatic N) is 2. The van der Waals surface area contributed by atoms with E-state index in [0.717, 1.165) is 49.7 Å². The zero-order chi connectivity index (χ0) is 20.3. The van der Waals surface area contributed by atoms with Crippen LogP contribution in [-0.2, 0) is 11.3 Å². The average Bonchev–Trinajstić information content (AvgIpc) is 3.20. The van der Waals surface area contributed by atoms with Crippen molar-refractivity contribution in [1.29, 1.82) is 0 Å². The van der Waals surface area contributed by atoms with Gasteiger partial charge in [-0.1, -0.05) is 30.3 Å². The molecule has 1 fully saturated rings. The van der Waals surface area contributed by atoms with Gasteiger partial charge in [0, 0.05) is 36.4 Å². The van der Waals surface area contributed by atoms with Crippen LogP contribution in [0.4, 0.5) is 11.4 Å². The topological polar surface area (TPSA) is 37.4 Å². The lowest BCUT2D eigenvalue weighted by atomic mass is 10.1. The zero-order valence-electron chi connectivity index (χ0n) is 17.1. The summed E-state index contributed by atoms with van der Waals surface area (Å²) >= 11 is 1.80. The number of ether oxygens (including phenoxy) is 1. The average molecular weight is 416 g/mol. The summed E-state index contributed by atoms with van der Waals surface area (Å²) in [4.78, 5) is 8.32. The first-order chi connectivity index (χ1) is 14.7. The van der Waals surface area contributed by atoms with Crippen LogP contribution in [0.15, 0.2) is 66.9 Å². The number of hydrogen-bond donors (Lipinski definition) is 1. The Labute approximate surface area is 181 Å². The van der Waals surface area contributed by atoms with Crippen molar-refractivity contribution >= 4 is 32.9 Å². The van der Waals surface area contributed by atoms with Gasteiger partial charge in [0.05, 0.1) is 29.1 Å². The van der Waals surface area contributed by atoms with E-state index in [-0.39, 0.29) is 0 Å². The molecule has 0 bridgehead atoms. The van der Waals surface area contributed by atoms with E-state index in [9.17, 15) is 0 Å². The molecule has 3 heterocycles. The van der Waals surface area contributed by atoms with Crippen LogP contribution in [0.25, 0.3) is 20.7 Å². The highest BCUT2D eigenvalue weighted by atomic mass is 32.1. The van der Waals surface area contributed by atoms with Crippen LogP contribution in [-0.4, -0.2) is 36.2 Å². The van der Waals surface area contributed by atoms with Crippen LogP contribution in [0.3, 0.4) is 0 Å². The molecule has 5 rings (SSSR count).